The fourth-order valence-corrected chi connectivity index (χ4v) is 1.73. The molecule has 0 fully saturated rings. The summed E-state index contributed by atoms with van der Waals surface area (Å²) in [6.45, 7) is 6.41. The number of benzene rings is 1. The summed E-state index contributed by atoms with van der Waals surface area (Å²) < 4.78 is 3.35. The third-order valence-electron chi connectivity index (χ3n) is 1.80. The van der Waals surface area contributed by atoms with Crippen molar-refractivity contribution in [2.45, 2.75) is 20.8 Å². The first-order valence-electron chi connectivity index (χ1n) is 4.19. The quantitative estimate of drug-likeness (QED) is 0.717. The number of hydrogen-bond donors (Lipinski definition) is 1. The summed E-state index contributed by atoms with van der Waals surface area (Å²) in [4.78, 5) is 0. The number of hydrogen-bond acceptors (Lipinski definition) is 2. The SMILES string of the molecule is CCSNc1c(C)cccc1C. The fourth-order valence-electron chi connectivity index (χ4n) is 1.12. The second-order valence-corrected chi connectivity index (χ2v) is 3.87. The summed E-state index contributed by atoms with van der Waals surface area (Å²) in [5.41, 5.74) is 3.90. The van der Waals surface area contributed by atoms with Gasteiger partial charge in [-0.2, -0.15) is 0 Å². The maximum absolute atomic E-state index is 3.35. The maximum atomic E-state index is 3.35. The first-order chi connectivity index (χ1) is 5.75. The first-order valence-corrected chi connectivity index (χ1v) is 5.18. The third-order valence-corrected chi connectivity index (χ3v) is 2.44. The van der Waals surface area contributed by atoms with Crippen molar-refractivity contribution in [3.05, 3.63) is 29.3 Å². The first kappa shape index (κ1) is 9.46. The zero-order chi connectivity index (χ0) is 8.97. The molecule has 1 aromatic carbocycles. The Morgan fingerprint density at radius 1 is 1.25 bits per heavy atom. The summed E-state index contributed by atoms with van der Waals surface area (Å²) >= 11 is 1.74. The lowest BCUT2D eigenvalue weighted by molar-refractivity contribution is 1.38. The van der Waals surface area contributed by atoms with Gasteiger partial charge in [0, 0.05) is 11.4 Å². The molecule has 0 aromatic heterocycles. The molecule has 12 heavy (non-hydrogen) atoms. The molecule has 1 rings (SSSR count). The summed E-state index contributed by atoms with van der Waals surface area (Å²) in [5.74, 6) is 1.09. The highest BCUT2D eigenvalue weighted by Gasteiger charge is 1.99. The van der Waals surface area contributed by atoms with Gasteiger partial charge in [0.2, 0.25) is 0 Å². The van der Waals surface area contributed by atoms with Gasteiger partial charge < -0.3 is 4.72 Å². The lowest BCUT2D eigenvalue weighted by atomic mass is 10.1. The van der Waals surface area contributed by atoms with Gasteiger partial charge >= 0.3 is 0 Å². The molecule has 2 heteroatoms. The maximum Gasteiger partial charge on any atom is 0.0498 e. The van der Waals surface area contributed by atoms with Crippen LogP contribution in [-0.2, 0) is 0 Å². The van der Waals surface area contributed by atoms with Crippen molar-refractivity contribution in [2.75, 3.05) is 10.5 Å². The largest absolute Gasteiger partial charge is 0.329 e. The highest BCUT2D eigenvalue weighted by molar-refractivity contribution is 8.00. The Balaban J connectivity index is 2.81. The highest BCUT2D eigenvalue weighted by Crippen LogP contribution is 2.22. The average Bonchev–Trinajstić information content (AvgIpc) is 2.04. The van der Waals surface area contributed by atoms with Crippen LogP contribution >= 0.6 is 11.9 Å². The molecule has 0 bridgehead atoms. The Kier molecular flexibility index (Phi) is 3.48. The minimum Gasteiger partial charge on any atom is -0.329 e. The predicted molar refractivity (Wildman–Crippen MR) is 57.7 cm³/mol. The third kappa shape index (κ3) is 2.18. The van der Waals surface area contributed by atoms with Gasteiger partial charge in [0.1, 0.15) is 0 Å². The van der Waals surface area contributed by atoms with Crippen molar-refractivity contribution >= 4 is 17.6 Å². The van der Waals surface area contributed by atoms with Crippen LogP contribution in [0.3, 0.4) is 0 Å². The molecule has 1 nitrogen and oxygen atoms in total. The van der Waals surface area contributed by atoms with Gasteiger partial charge in [0.15, 0.2) is 0 Å². The van der Waals surface area contributed by atoms with Gasteiger partial charge in [-0.3, -0.25) is 0 Å². The second-order valence-electron chi connectivity index (χ2n) is 2.80. The monoisotopic (exact) mass is 181 g/mol. The Labute approximate surface area is 78.7 Å². The van der Waals surface area contributed by atoms with Crippen molar-refractivity contribution in [2.24, 2.45) is 0 Å². The standard InChI is InChI=1S/C10H15NS/c1-4-12-11-10-8(2)6-5-7-9(10)3/h5-7,11H,4H2,1-3H3. The van der Waals surface area contributed by atoms with Gasteiger partial charge in [-0.25, -0.2) is 0 Å². The van der Waals surface area contributed by atoms with Gasteiger partial charge in [-0.05, 0) is 25.0 Å². The molecule has 0 amide bonds. The van der Waals surface area contributed by atoms with Crippen LogP contribution in [0.15, 0.2) is 18.2 Å². The zero-order valence-electron chi connectivity index (χ0n) is 7.85. The van der Waals surface area contributed by atoms with Crippen molar-refractivity contribution in [1.29, 1.82) is 0 Å². The van der Waals surface area contributed by atoms with E-state index in [2.05, 4.69) is 43.7 Å². The van der Waals surface area contributed by atoms with Gasteiger partial charge in [0.05, 0.1) is 0 Å². The Morgan fingerprint density at radius 2 is 1.83 bits per heavy atom. The van der Waals surface area contributed by atoms with Gasteiger partial charge in [0.25, 0.3) is 0 Å². The highest BCUT2D eigenvalue weighted by atomic mass is 32.2. The van der Waals surface area contributed by atoms with Crippen LogP contribution in [0.5, 0.6) is 0 Å². The van der Waals surface area contributed by atoms with E-state index < -0.39 is 0 Å². The molecule has 0 radical (unpaired) electrons. The van der Waals surface area contributed by atoms with Crippen LogP contribution in [0.25, 0.3) is 0 Å². The molecule has 0 heterocycles. The van der Waals surface area contributed by atoms with Crippen LogP contribution in [0.4, 0.5) is 5.69 Å². The number of nitrogens with one attached hydrogen (secondary N) is 1. The van der Waals surface area contributed by atoms with Crippen molar-refractivity contribution < 1.29 is 0 Å². The van der Waals surface area contributed by atoms with Crippen molar-refractivity contribution in [1.82, 2.24) is 0 Å². The Hall–Kier alpha value is -0.630. The molecular weight excluding hydrogens is 166 g/mol. The molecule has 0 saturated carbocycles. The molecule has 0 spiro atoms. The van der Waals surface area contributed by atoms with Crippen LogP contribution in [0.1, 0.15) is 18.1 Å². The smallest absolute Gasteiger partial charge is 0.0498 e. The summed E-state index contributed by atoms with van der Waals surface area (Å²) in [6, 6.07) is 6.35. The fraction of sp³-hybridized carbons (Fsp3) is 0.400. The van der Waals surface area contributed by atoms with Gasteiger partial charge in [-0.15, -0.1) is 0 Å². The number of aryl methyl sites for hydroxylation is 2. The summed E-state index contributed by atoms with van der Waals surface area (Å²) in [6.07, 6.45) is 0. The molecule has 0 atom stereocenters. The van der Waals surface area contributed by atoms with E-state index in [1.54, 1.807) is 11.9 Å². The lowest BCUT2D eigenvalue weighted by Gasteiger charge is -2.10. The molecule has 1 aromatic rings. The topological polar surface area (TPSA) is 12.0 Å². The molecular formula is C10H15NS. The minimum absolute atomic E-state index is 1.09. The van der Waals surface area contributed by atoms with Gasteiger partial charge in [-0.1, -0.05) is 37.1 Å². The number of rotatable bonds is 3. The van der Waals surface area contributed by atoms with Crippen LogP contribution in [0, 0.1) is 13.8 Å². The minimum atomic E-state index is 1.09. The van der Waals surface area contributed by atoms with Crippen molar-refractivity contribution in [3.63, 3.8) is 0 Å². The molecule has 66 valence electrons. The average molecular weight is 181 g/mol. The summed E-state index contributed by atoms with van der Waals surface area (Å²) in [5, 5.41) is 0. The number of anilines is 1. The molecule has 0 saturated heterocycles. The molecule has 0 aliphatic carbocycles. The van der Waals surface area contributed by atoms with E-state index in [-0.39, 0.29) is 0 Å². The van der Waals surface area contributed by atoms with E-state index in [4.69, 9.17) is 0 Å². The second kappa shape index (κ2) is 4.41. The molecule has 0 aliphatic heterocycles. The van der Waals surface area contributed by atoms with E-state index in [1.807, 2.05) is 0 Å². The van der Waals surface area contributed by atoms with E-state index in [9.17, 15) is 0 Å². The zero-order valence-corrected chi connectivity index (χ0v) is 8.66. The predicted octanol–water partition coefficient (Wildman–Crippen LogP) is 3.38. The number of para-hydroxylation sites is 1. The molecule has 1 N–H and O–H groups in total. The van der Waals surface area contributed by atoms with Crippen molar-refractivity contribution in [3.8, 4) is 0 Å². The van der Waals surface area contributed by atoms with Crippen LogP contribution in [0.2, 0.25) is 0 Å². The van der Waals surface area contributed by atoms with Crippen LogP contribution < -0.4 is 4.72 Å². The normalized spacial score (nSPS) is 9.92. The molecule has 0 aliphatic rings. The lowest BCUT2D eigenvalue weighted by Crippen LogP contribution is -1.93. The van der Waals surface area contributed by atoms with Crippen LogP contribution in [-0.4, -0.2) is 5.75 Å². The Morgan fingerprint density at radius 3 is 2.33 bits per heavy atom. The molecule has 0 unspecified atom stereocenters. The summed E-state index contributed by atoms with van der Waals surface area (Å²) in [7, 11) is 0. The Bertz CT molecular complexity index is 238. The van der Waals surface area contributed by atoms with E-state index >= 15 is 0 Å². The van der Waals surface area contributed by atoms with E-state index in [0.29, 0.717) is 0 Å². The van der Waals surface area contributed by atoms with E-state index in [1.165, 1.54) is 16.8 Å². The van der Waals surface area contributed by atoms with E-state index in [0.717, 1.165) is 5.75 Å².